The first-order valence-corrected chi connectivity index (χ1v) is 8.54. The second-order valence-electron chi connectivity index (χ2n) is 6.33. The molecule has 5 heteroatoms. The fourth-order valence-corrected chi connectivity index (χ4v) is 3.42. The van der Waals surface area contributed by atoms with E-state index in [2.05, 4.69) is 21.3 Å². The number of aromatic nitrogens is 1. The summed E-state index contributed by atoms with van der Waals surface area (Å²) in [6, 6.07) is 11.7. The third-order valence-electron chi connectivity index (χ3n) is 4.64. The van der Waals surface area contributed by atoms with Crippen LogP contribution in [0.3, 0.4) is 0 Å². The van der Waals surface area contributed by atoms with Gasteiger partial charge in [-0.15, -0.1) is 0 Å². The number of carbonyl (C=O) groups is 1. The van der Waals surface area contributed by atoms with Crippen molar-refractivity contribution in [3.63, 3.8) is 0 Å². The molecule has 0 aliphatic carbocycles. The lowest BCUT2D eigenvalue weighted by molar-refractivity contribution is 0.0933. The molecule has 0 saturated carbocycles. The molecular formula is C19H21N3O2. The lowest BCUT2D eigenvalue weighted by Crippen LogP contribution is -2.35. The maximum atomic E-state index is 12.6. The SMILES string of the molecule is O=C(NC[C@@H]1Cc2ccccc2O1)c1cccnc1N1CCCC1. The number of nitrogens with zero attached hydrogens (tertiary/aromatic N) is 2. The first-order chi connectivity index (χ1) is 11.8. The van der Waals surface area contributed by atoms with Crippen LogP contribution in [0.15, 0.2) is 42.6 Å². The maximum Gasteiger partial charge on any atom is 0.255 e. The minimum absolute atomic E-state index is 0.00161. The molecule has 3 heterocycles. The second-order valence-corrected chi connectivity index (χ2v) is 6.33. The van der Waals surface area contributed by atoms with Crippen LogP contribution in [-0.2, 0) is 6.42 Å². The largest absolute Gasteiger partial charge is 0.488 e. The van der Waals surface area contributed by atoms with E-state index in [1.165, 1.54) is 5.56 Å². The average molecular weight is 323 g/mol. The van der Waals surface area contributed by atoms with Crippen molar-refractivity contribution in [2.75, 3.05) is 24.5 Å². The summed E-state index contributed by atoms with van der Waals surface area (Å²) in [4.78, 5) is 19.2. The number of hydrogen-bond acceptors (Lipinski definition) is 4. The van der Waals surface area contributed by atoms with E-state index in [9.17, 15) is 4.79 Å². The van der Waals surface area contributed by atoms with E-state index in [4.69, 9.17) is 4.74 Å². The molecule has 1 aromatic heterocycles. The van der Waals surface area contributed by atoms with E-state index in [1.54, 1.807) is 6.20 Å². The molecule has 124 valence electrons. The monoisotopic (exact) mass is 323 g/mol. The number of carbonyl (C=O) groups excluding carboxylic acids is 1. The molecular weight excluding hydrogens is 302 g/mol. The summed E-state index contributed by atoms with van der Waals surface area (Å²) in [5, 5.41) is 3.01. The van der Waals surface area contributed by atoms with Gasteiger partial charge in [-0.25, -0.2) is 4.98 Å². The zero-order valence-electron chi connectivity index (χ0n) is 13.6. The molecule has 0 bridgehead atoms. The zero-order valence-corrected chi connectivity index (χ0v) is 13.6. The van der Waals surface area contributed by atoms with Crippen molar-refractivity contribution in [1.82, 2.24) is 10.3 Å². The number of benzene rings is 1. The highest BCUT2D eigenvalue weighted by Gasteiger charge is 2.24. The predicted octanol–water partition coefficient (Wildman–Crippen LogP) is 2.42. The van der Waals surface area contributed by atoms with E-state index in [0.29, 0.717) is 12.1 Å². The van der Waals surface area contributed by atoms with Crippen LogP contribution in [0.1, 0.15) is 28.8 Å². The van der Waals surface area contributed by atoms with Gasteiger partial charge < -0.3 is 15.0 Å². The molecule has 0 radical (unpaired) electrons. The van der Waals surface area contributed by atoms with E-state index < -0.39 is 0 Å². The van der Waals surface area contributed by atoms with E-state index in [-0.39, 0.29) is 12.0 Å². The Hall–Kier alpha value is -2.56. The van der Waals surface area contributed by atoms with Crippen molar-refractivity contribution >= 4 is 11.7 Å². The third kappa shape index (κ3) is 2.94. The third-order valence-corrected chi connectivity index (χ3v) is 4.64. The molecule has 1 saturated heterocycles. The molecule has 1 N–H and O–H groups in total. The zero-order chi connectivity index (χ0) is 16.4. The predicted molar refractivity (Wildman–Crippen MR) is 92.6 cm³/mol. The maximum absolute atomic E-state index is 12.6. The number of nitrogens with one attached hydrogen (secondary N) is 1. The Morgan fingerprint density at radius 3 is 2.88 bits per heavy atom. The average Bonchev–Trinajstić information content (AvgIpc) is 3.28. The van der Waals surface area contributed by atoms with Crippen molar-refractivity contribution in [3.8, 4) is 5.75 Å². The Morgan fingerprint density at radius 2 is 2.04 bits per heavy atom. The Kier molecular flexibility index (Phi) is 4.07. The summed E-state index contributed by atoms with van der Waals surface area (Å²) >= 11 is 0. The lowest BCUT2D eigenvalue weighted by atomic mass is 10.1. The van der Waals surface area contributed by atoms with Gasteiger partial charge in [-0.2, -0.15) is 0 Å². The van der Waals surface area contributed by atoms with Gasteiger partial charge in [0.1, 0.15) is 17.7 Å². The minimum Gasteiger partial charge on any atom is -0.488 e. The van der Waals surface area contributed by atoms with E-state index in [1.807, 2.05) is 30.3 Å². The van der Waals surface area contributed by atoms with Crippen molar-refractivity contribution in [3.05, 3.63) is 53.7 Å². The second kappa shape index (κ2) is 6.51. The van der Waals surface area contributed by atoms with Crippen molar-refractivity contribution in [2.24, 2.45) is 0 Å². The highest BCUT2D eigenvalue weighted by atomic mass is 16.5. The first-order valence-electron chi connectivity index (χ1n) is 8.54. The minimum atomic E-state index is -0.0791. The number of rotatable bonds is 4. The number of hydrogen-bond donors (Lipinski definition) is 1. The Labute approximate surface area is 141 Å². The van der Waals surface area contributed by atoms with Crippen LogP contribution in [0.5, 0.6) is 5.75 Å². The Morgan fingerprint density at radius 1 is 1.21 bits per heavy atom. The molecule has 2 aliphatic rings. The molecule has 2 aliphatic heterocycles. The molecule has 1 fully saturated rings. The summed E-state index contributed by atoms with van der Waals surface area (Å²) in [6.07, 6.45) is 4.90. The number of para-hydroxylation sites is 1. The summed E-state index contributed by atoms with van der Waals surface area (Å²) in [5.74, 6) is 1.64. The summed E-state index contributed by atoms with van der Waals surface area (Å²) in [5.41, 5.74) is 1.85. The topological polar surface area (TPSA) is 54.5 Å². The molecule has 1 atom stereocenters. The van der Waals surface area contributed by atoms with Gasteiger partial charge in [0.2, 0.25) is 0 Å². The fraction of sp³-hybridized carbons (Fsp3) is 0.368. The lowest BCUT2D eigenvalue weighted by Gasteiger charge is -2.20. The van der Waals surface area contributed by atoms with Crippen LogP contribution in [0.2, 0.25) is 0 Å². The highest BCUT2D eigenvalue weighted by Crippen LogP contribution is 2.28. The Bertz CT molecular complexity index is 716. The number of pyridine rings is 1. The molecule has 1 aromatic carbocycles. The van der Waals surface area contributed by atoms with E-state index >= 15 is 0 Å². The van der Waals surface area contributed by atoms with Gasteiger partial charge in [0.05, 0.1) is 12.1 Å². The van der Waals surface area contributed by atoms with Crippen molar-refractivity contribution in [2.45, 2.75) is 25.4 Å². The van der Waals surface area contributed by atoms with E-state index in [0.717, 1.165) is 43.9 Å². The van der Waals surface area contributed by atoms with Gasteiger partial charge >= 0.3 is 0 Å². The number of anilines is 1. The summed E-state index contributed by atoms with van der Waals surface area (Å²) in [7, 11) is 0. The molecule has 1 amide bonds. The van der Waals surface area contributed by atoms with Crippen LogP contribution < -0.4 is 15.0 Å². The molecule has 5 nitrogen and oxygen atoms in total. The molecule has 4 rings (SSSR count). The molecule has 0 unspecified atom stereocenters. The summed E-state index contributed by atoms with van der Waals surface area (Å²) < 4.78 is 5.88. The molecule has 2 aromatic rings. The van der Waals surface area contributed by atoms with Crippen molar-refractivity contribution in [1.29, 1.82) is 0 Å². The number of fused-ring (bicyclic) bond motifs is 1. The smallest absolute Gasteiger partial charge is 0.255 e. The number of ether oxygens (including phenoxy) is 1. The first kappa shape index (κ1) is 15.0. The van der Waals surface area contributed by atoms with Gasteiger partial charge in [0, 0.05) is 25.7 Å². The van der Waals surface area contributed by atoms with Crippen molar-refractivity contribution < 1.29 is 9.53 Å². The van der Waals surface area contributed by atoms with Gasteiger partial charge in [0.15, 0.2) is 0 Å². The van der Waals surface area contributed by atoms with Gasteiger partial charge in [-0.3, -0.25) is 4.79 Å². The van der Waals surface area contributed by atoms with Gasteiger partial charge in [-0.1, -0.05) is 18.2 Å². The van der Waals surface area contributed by atoms with Crippen LogP contribution >= 0.6 is 0 Å². The van der Waals surface area contributed by atoms with Crippen LogP contribution in [0.4, 0.5) is 5.82 Å². The fourth-order valence-electron chi connectivity index (χ4n) is 3.42. The number of amides is 1. The van der Waals surface area contributed by atoms with Crippen LogP contribution in [0.25, 0.3) is 0 Å². The molecule has 24 heavy (non-hydrogen) atoms. The molecule has 0 spiro atoms. The van der Waals surface area contributed by atoms with Gasteiger partial charge in [0.25, 0.3) is 5.91 Å². The quantitative estimate of drug-likeness (QED) is 0.939. The summed E-state index contributed by atoms with van der Waals surface area (Å²) in [6.45, 7) is 2.44. The van der Waals surface area contributed by atoms with Crippen LogP contribution in [-0.4, -0.2) is 36.6 Å². The standard InChI is InChI=1S/C19H21N3O2/c23-19(16-7-5-9-20-18(16)22-10-3-4-11-22)21-13-15-12-14-6-1-2-8-17(14)24-15/h1-2,5-9,15H,3-4,10-13H2,(H,21,23)/t15-/m0/s1. The normalized spacial score (nSPS) is 19.0. The van der Waals surface area contributed by atoms with Gasteiger partial charge in [-0.05, 0) is 36.6 Å². The Balaban J connectivity index is 1.41. The highest BCUT2D eigenvalue weighted by molar-refractivity contribution is 5.98. The van der Waals surface area contributed by atoms with Crippen LogP contribution in [0, 0.1) is 0 Å².